The van der Waals surface area contributed by atoms with Gasteiger partial charge in [-0.2, -0.15) is 0 Å². The number of carbonyl (C=O) groups is 1. The SMILES string of the molecule is C=CC(=O)Nc1cccc(Oc2ncnc3[nH]c(-c4ccc(CC5CNCCO5)cc4)cc23)c1. The van der Waals surface area contributed by atoms with E-state index in [1.807, 2.05) is 6.07 Å². The molecule has 2 aromatic carbocycles. The third-order valence-electron chi connectivity index (χ3n) is 5.62. The van der Waals surface area contributed by atoms with Gasteiger partial charge in [0.2, 0.25) is 11.8 Å². The second kappa shape index (κ2) is 9.86. The van der Waals surface area contributed by atoms with Crippen molar-refractivity contribution in [1.82, 2.24) is 20.3 Å². The van der Waals surface area contributed by atoms with Gasteiger partial charge in [0.05, 0.1) is 18.1 Å². The summed E-state index contributed by atoms with van der Waals surface area (Å²) in [6.45, 7) is 6.03. The van der Waals surface area contributed by atoms with Crippen molar-refractivity contribution in [3.63, 3.8) is 0 Å². The Labute approximate surface area is 197 Å². The van der Waals surface area contributed by atoms with Gasteiger partial charge < -0.3 is 25.1 Å². The highest BCUT2D eigenvalue weighted by molar-refractivity contribution is 5.99. The molecule has 172 valence electrons. The van der Waals surface area contributed by atoms with Crippen molar-refractivity contribution in [3.05, 3.63) is 79.1 Å². The number of anilines is 1. The summed E-state index contributed by atoms with van der Waals surface area (Å²) in [6, 6.07) is 17.5. The number of nitrogens with zero attached hydrogens (tertiary/aromatic N) is 2. The molecule has 1 amide bonds. The summed E-state index contributed by atoms with van der Waals surface area (Å²) in [7, 11) is 0. The first-order valence-corrected chi connectivity index (χ1v) is 11.1. The Morgan fingerprint density at radius 2 is 2.09 bits per heavy atom. The van der Waals surface area contributed by atoms with Crippen LogP contribution < -0.4 is 15.4 Å². The summed E-state index contributed by atoms with van der Waals surface area (Å²) in [4.78, 5) is 23.6. The fraction of sp³-hybridized carbons (Fsp3) is 0.192. The molecule has 0 radical (unpaired) electrons. The third-order valence-corrected chi connectivity index (χ3v) is 5.62. The summed E-state index contributed by atoms with van der Waals surface area (Å²) >= 11 is 0. The summed E-state index contributed by atoms with van der Waals surface area (Å²) < 4.78 is 11.8. The Bertz CT molecular complexity index is 1310. The Balaban J connectivity index is 1.35. The maximum absolute atomic E-state index is 11.6. The number of fused-ring (bicyclic) bond motifs is 1. The molecule has 1 saturated heterocycles. The number of hydrogen-bond acceptors (Lipinski definition) is 6. The molecule has 0 bridgehead atoms. The average molecular weight is 456 g/mol. The molecule has 3 N–H and O–H groups in total. The number of benzene rings is 2. The smallest absolute Gasteiger partial charge is 0.247 e. The highest BCUT2D eigenvalue weighted by Gasteiger charge is 2.15. The van der Waals surface area contributed by atoms with Gasteiger partial charge in [0.15, 0.2) is 0 Å². The van der Waals surface area contributed by atoms with E-state index in [-0.39, 0.29) is 12.0 Å². The van der Waals surface area contributed by atoms with E-state index in [4.69, 9.17) is 9.47 Å². The van der Waals surface area contributed by atoms with E-state index in [9.17, 15) is 4.79 Å². The zero-order valence-electron chi connectivity index (χ0n) is 18.6. The number of nitrogens with one attached hydrogen (secondary N) is 3. The molecule has 1 aliphatic rings. The van der Waals surface area contributed by atoms with Crippen molar-refractivity contribution < 1.29 is 14.3 Å². The zero-order valence-corrected chi connectivity index (χ0v) is 18.6. The van der Waals surface area contributed by atoms with E-state index in [1.54, 1.807) is 24.3 Å². The molecular weight excluding hydrogens is 430 g/mol. The average Bonchev–Trinajstić information content (AvgIpc) is 3.31. The predicted octanol–water partition coefficient (Wildman–Crippen LogP) is 4.07. The van der Waals surface area contributed by atoms with Crippen LogP contribution >= 0.6 is 0 Å². The Kier molecular flexibility index (Phi) is 6.33. The minimum atomic E-state index is -0.286. The number of amides is 1. The number of carbonyl (C=O) groups excluding carboxylic acids is 1. The van der Waals surface area contributed by atoms with Crippen LogP contribution in [-0.4, -0.2) is 46.7 Å². The summed E-state index contributed by atoms with van der Waals surface area (Å²) in [6.07, 6.45) is 3.78. The van der Waals surface area contributed by atoms with E-state index in [0.717, 1.165) is 42.8 Å². The van der Waals surface area contributed by atoms with Gasteiger partial charge in [0, 0.05) is 30.5 Å². The van der Waals surface area contributed by atoms with Gasteiger partial charge in [-0.15, -0.1) is 0 Å². The molecule has 2 aromatic heterocycles. The monoisotopic (exact) mass is 455 g/mol. The molecule has 0 saturated carbocycles. The molecule has 8 heteroatoms. The Hall–Kier alpha value is -4.01. The summed E-state index contributed by atoms with van der Waals surface area (Å²) in [5, 5.41) is 6.86. The maximum Gasteiger partial charge on any atom is 0.247 e. The molecule has 34 heavy (non-hydrogen) atoms. The summed E-state index contributed by atoms with van der Waals surface area (Å²) in [5.74, 6) is 0.692. The van der Waals surface area contributed by atoms with Crippen LogP contribution in [0.5, 0.6) is 11.6 Å². The lowest BCUT2D eigenvalue weighted by Gasteiger charge is -2.23. The molecule has 0 aliphatic carbocycles. The number of aromatic nitrogens is 3. The van der Waals surface area contributed by atoms with Gasteiger partial charge in [-0.1, -0.05) is 36.9 Å². The lowest BCUT2D eigenvalue weighted by Crippen LogP contribution is -2.39. The second-order valence-corrected chi connectivity index (χ2v) is 8.05. The first-order valence-electron chi connectivity index (χ1n) is 11.1. The van der Waals surface area contributed by atoms with Gasteiger partial charge in [-0.3, -0.25) is 4.79 Å². The molecule has 4 aromatic rings. The lowest BCUT2D eigenvalue weighted by atomic mass is 10.0. The Morgan fingerprint density at radius 3 is 2.88 bits per heavy atom. The Morgan fingerprint density at radius 1 is 1.21 bits per heavy atom. The van der Waals surface area contributed by atoms with Crippen molar-refractivity contribution in [3.8, 4) is 22.9 Å². The van der Waals surface area contributed by atoms with E-state index in [2.05, 4.69) is 56.4 Å². The fourth-order valence-electron chi connectivity index (χ4n) is 3.93. The topological polar surface area (TPSA) is 101 Å². The van der Waals surface area contributed by atoms with Crippen molar-refractivity contribution in [2.75, 3.05) is 25.0 Å². The van der Waals surface area contributed by atoms with Gasteiger partial charge in [0.25, 0.3) is 0 Å². The van der Waals surface area contributed by atoms with Gasteiger partial charge in [0.1, 0.15) is 17.7 Å². The van der Waals surface area contributed by atoms with Gasteiger partial charge >= 0.3 is 0 Å². The fourth-order valence-corrected chi connectivity index (χ4v) is 3.93. The van der Waals surface area contributed by atoms with Crippen molar-refractivity contribution >= 4 is 22.6 Å². The van der Waals surface area contributed by atoms with Crippen molar-refractivity contribution in [2.45, 2.75) is 12.5 Å². The number of morpholine rings is 1. The van der Waals surface area contributed by atoms with Crippen molar-refractivity contribution in [1.29, 1.82) is 0 Å². The quantitative estimate of drug-likeness (QED) is 0.363. The van der Waals surface area contributed by atoms with Crippen LogP contribution in [0.15, 0.2) is 73.6 Å². The largest absolute Gasteiger partial charge is 0.438 e. The van der Waals surface area contributed by atoms with E-state index in [1.165, 1.54) is 18.0 Å². The van der Waals surface area contributed by atoms with Crippen LogP contribution in [0, 0.1) is 0 Å². The molecule has 8 nitrogen and oxygen atoms in total. The number of aromatic amines is 1. The van der Waals surface area contributed by atoms with E-state index in [0.29, 0.717) is 23.0 Å². The van der Waals surface area contributed by atoms with Crippen LogP contribution in [0.4, 0.5) is 5.69 Å². The van der Waals surface area contributed by atoms with E-state index < -0.39 is 0 Å². The van der Waals surface area contributed by atoms with E-state index >= 15 is 0 Å². The molecule has 1 aliphatic heterocycles. The van der Waals surface area contributed by atoms with Crippen LogP contribution in [0.3, 0.4) is 0 Å². The number of ether oxygens (including phenoxy) is 2. The standard InChI is InChI=1S/C26H25N5O3/c1-2-24(32)30-19-4-3-5-20(13-19)34-26-22-14-23(31-25(22)28-16-29-26)18-8-6-17(7-9-18)12-21-15-27-10-11-33-21/h2-9,13-14,16,21,27H,1,10-12,15H2,(H,30,32)(H,28,29,31). The number of hydrogen-bond donors (Lipinski definition) is 3. The molecule has 0 spiro atoms. The molecule has 3 heterocycles. The molecule has 5 rings (SSSR count). The zero-order chi connectivity index (χ0) is 23.3. The lowest BCUT2D eigenvalue weighted by molar-refractivity contribution is -0.111. The second-order valence-electron chi connectivity index (χ2n) is 8.05. The molecule has 1 fully saturated rings. The number of rotatable bonds is 7. The van der Waals surface area contributed by atoms with Crippen LogP contribution in [0.1, 0.15) is 5.56 Å². The normalized spacial score (nSPS) is 15.7. The van der Waals surface area contributed by atoms with Crippen molar-refractivity contribution in [2.24, 2.45) is 0 Å². The van der Waals surface area contributed by atoms with Crippen LogP contribution in [0.2, 0.25) is 0 Å². The first kappa shape index (κ1) is 21.8. The van der Waals surface area contributed by atoms with Gasteiger partial charge in [-0.25, -0.2) is 9.97 Å². The van der Waals surface area contributed by atoms with Gasteiger partial charge in [-0.05, 0) is 41.8 Å². The minimum Gasteiger partial charge on any atom is -0.438 e. The first-order chi connectivity index (χ1) is 16.7. The molecular formula is C26H25N5O3. The highest BCUT2D eigenvalue weighted by Crippen LogP contribution is 2.31. The molecule has 1 unspecified atom stereocenters. The minimum absolute atomic E-state index is 0.214. The van der Waals surface area contributed by atoms with Crippen LogP contribution in [-0.2, 0) is 16.0 Å². The predicted molar refractivity (Wildman–Crippen MR) is 131 cm³/mol. The third kappa shape index (κ3) is 4.98. The summed E-state index contributed by atoms with van der Waals surface area (Å²) in [5.41, 5.74) is 4.50. The maximum atomic E-state index is 11.6. The van der Waals surface area contributed by atoms with Crippen LogP contribution in [0.25, 0.3) is 22.3 Å². The number of H-pyrrole nitrogens is 1. The highest BCUT2D eigenvalue weighted by atomic mass is 16.5. The molecule has 1 atom stereocenters.